The van der Waals surface area contributed by atoms with Crippen molar-refractivity contribution in [3.8, 4) is 0 Å². The summed E-state index contributed by atoms with van der Waals surface area (Å²) >= 11 is 0. The maximum atomic E-state index is 12.5. The Kier molecular flexibility index (Phi) is 6.04. The third-order valence-electron chi connectivity index (χ3n) is 3.31. The molecule has 1 N–H and O–H groups in total. The summed E-state index contributed by atoms with van der Waals surface area (Å²) in [5, 5.41) is 9.18. The van der Waals surface area contributed by atoms with Gasteiger partial charge in [0.05, 0.1) is 0 Å². The number of hydrogen-bond acceptors (Lipinski definition) is 3. The van der Waals surface area contributed by atoms with Crippen LogP contribution < -0.4 is 0 Å². The molecule has 1 saturated heterocycles. The van der Waals surface area contributed by atoms with Crippen LogP contribution in [0.2, 0.25) is 0 Å². The highest BCUT2D eigenvalue weighted by molar-refractivity contribution is 7.86. The van der Waals surface area contributed by atoms with E-state index in [1.807, 2.05) is 20.8 Å². The minimum absolute atomic E-state index is 0.0718. The van der Waals surface area contributed by atoms with Gasteiger partial charge in [0.1, 0.15) is 0 Å². The molecule has 0 amide bonds. The molecule has 1 aliphatic rings. The fourth-order valence-electron chi connectivity index (χ4n) is 2.34. The number of rotatable bonds is 6. The van der Waals surface area contributed by atoms with Crippen molar-refractivity contribution in [2.75, 3.05) is 32.8 Å². The second kappa shape index (κ2) is 6.84. The largest absolute Gasteiger partial charge is 0.396 e. The molecule has 108 valence electrons. The van der Waals surface area contributed by atoms with Gasteiger partial charge in [0.2, 0.25) is 0 Å². The first-order chi connectivity index (χ1) is 8.41. The summed E-state index contributed by atoms with van der Waals surface area (Å²) in [7, 11) is -3.36. The van der Waals surface area contributed by atoms with E-state index < -0.39 is 10.2 Å². The van der Waals surface area contributed by atoms with Crippen molar-refractivity contribution < 1.29 is 13.5 Å². The molecule has 1 aliphatic heterocycles. The SMILES string of the molecule is CCN(CC(C)C)S(=O)(=O)N1CCCC(CO)C1. The van der Waals surface area contributed by atoms with E-state index in [1.54, 1.807) is 0 Å². The topological polar surface area (TPSA) is 60.9 Å². The molecule has 1 heterocycles. The standard InChI is InChI=1S/C12H26N2O3S/c1-4-13(8-11(2)3)18(16,17)14-7-5-6-12(9-14)10-15/h11-12,15H,4-10H2,1-3H3. The second-order valence-electron chi connectivity index (χ2n) is 5.40. The molecule has 6 heteroatoms. The van der Waals surface area contributed by atoms with Gasteiger partial charge in [-0.2, -0.15) is 17.0 Å². The smallest absolute Gasteiger partial charge is 0.281 e. The van der Waals surface area contributed by atoms with Crippen LogP contribution in [-0.2, 0) is 10.2 Å². The molecule has 0 aliphatic carbocycles. The number of aliphatic hydroxyl groups is 1. The summed E-state index contributed by atoms with van der Waals surface area (Å²) in [6.07, 6.45) is 1.75. The van der Waals surface area contributed by atoms with E-state index in [-0.39, 0.29) is 12.5 Å². The predicted molar refractivity (Wildman–Crippen MR) is 72.4 cm³/mol. The van der Waals surface area contributed by atoms with Crippen LogP contribution in [0.5, 0.6) is 0 Å². The average Bonchev–Trinajstić information content (AvgIpc) is 2.35. The fourth-order valence-corrected chi connectivity index (χ4v) is 4.24. The molecule has 1 fully saturated rings. The van der Waals surface area contributed by atoms with Gasteiger partial charge in [-0.15, -0.1) is 0 Å². The van der Waals surface area contributed by atoms with Crippen molar-refractivity contribution in [2.45, 2.75) is 33.6 Å². The van der Waals surface area contributed by atoms with E-state index in [0.29, 0.717) is 32.1 Å². The molecule has 0 aromatic heterocycles. The van der Waals surface area contributed by atoms with Crippen molar-refractivity contribution in [3.05, 3.63) is 0 Å². The highest BCUT2D eigenvalue weighted by Gasteiger charge is 2.32. The molecule has 1 unspecified atom stereocenters. The molecule has 0 radical (unpaired) electrons. The number of piperidine rings is 1. The summed E-state index contributed by atoms with van der Waals surface area (Å²) in [4.78, 5) is 0. The Morgan fingerprint density at radius 2 is 2.11 bits per heavy atom. The zero-order valence-corrected chi connectivity index (χ0v) is 12.5. The zero-order valence-electron chi connectivity index (χ0n) is 11.7. The Balaban J connectivity index is 2.77. The van der Waals surface area contributed by atoms with Gasteiger partial charge in [-0.1, -0.05) is 20.8 Å². The van der Waals surface area contributed by atoms with Gasteiger partial charge in [0, 0.05) is 32.8 Å². The Hall–Kier alpha value is -0.170. The van der Waals surface area contributed by atoms with E-state index in [9.17, 15) is 13.5 Å². The van der Waals surface area contributed by atoms with Gasteiger partial charge < -0.3 is 5.11 Å². The van der Waals surface area contributed by atoms with Crippen LogP contribution in [0.1, 0.15) is 33.6 Å². The second-order valence-corrected chi connectivity index (χ2v) is 7.33. The summed E-state index contributed by atoms with van der Waals surface area (Å²) in [6.45, 7) is 8.06. The predicted octanol–water partition coefficient (Wildman–Crippen LogP) is 0.913. The number of aliphatic hydroxyl groups excluding tert-OH is 1. The molecule has 0 aromatic carbocycles. The van der Waals surface area contributed by atoms with Crippen LogP contribution >= 0.6 is 0 Å². The molecule has 1 rings (SSSR count). The Morgan fingerprint density at radius 3 is 2.61 bits per heavy atom. The van der Waals surface area contributed by atoms with Crippen molar-refractivity contribution in [3.63, 3.8) is 0 Å². The highest BCUT2D eigenvalue weighted by Crippen LogP contribution is 2.21. The van der Waals surface area contributed by atoms with Crippen LogP contribution in [0, 0.1) is 11.8 Å². The van der Waals surface area contributed by atoms with Crippen LogP contribution in [0.15, 0.2) is 0 Å². The molecule has 5 nitrogen and oxygen atoms in total. The van der Waals surface area contributed by atoms with Crippen LogP contribution in [0.4, 0.5) is 0 Å². The summed E-state index contributed by atoms with van der Waals surface area (Å²) < 4.78 is 28.0. The third-order valence-corrected chi connectivity index (χ3v) is 5.36. The minimum atomic E-state index is -3.36. The van der Waals surface area contributed by atoms with Gasteiger partial charge in [-0.25, -0.2) is 0 Å². The first-order valence-corrected chi connectivity index (χ1v) is 8.17. The van der Waals surface area contributed by atoms with Crippen molar-refractivity contribution in [2.24, 2.45) is 11.8 Å². The Bertz CT molecular complexity index is 343. The van der Waals surface area contributed by atoms with Crippen molar-refractivity contribution in [1.82, 2.24) is 8.61 Å². The van der Waals surface area contributed by atoms with E-state index in [0.717, 1.165) is 12.8 Å². The molecule has 0 spiro atoms. The number of nitrogens with zero attached hydrogens (tertiary/aromatic N) is 2. The lowest BCUT2D eigenvalue weighted by Crippen LogP contribution is -2.49. The molecular weight excluding hydrogens is 252 g/mol. The maximum Gasteiger partial charge on any atom is 0.281 e. The third kappa shape index (κ3) is 3.91. The van der Waals surface area contributed by atoms with Gasteiger partial charge in [-0.3, -0.25) is 0 Å². The Labute approximate surface area is 111 Å². The molecule has 1 atom stereocenters. The van der Waals surface area contributed by atoms with E-state index >= 15 is 0 Å². The van der Waals surface area contributed by atoms with Crippen LogP contribution in [0.25, 0.3) is 0 Å². The molecule has 0 aromatic rings. The van der Waals surface area contributed by atoms with Crippen LogP contribution in [-0.4, -0.2) is 54.9 Å². The van der Waals surface area contributed by atoms with E-state index in [4.69, 9.17) is 0 Å². The summed E-state index contributed by atoms with van der Waals surface area (Å²) in [5.74, 6) is 0.407. The van der Waals surface area contributed by atoms with Crippen molar-refractivity contribution in [1.29, 1.82) is 0 Å². The van der Waals surface area contributed by atoms with Gasteiger partial charge in [0.15, 0.2) is 0 Å². The summed E-state index contributed by atoms with van der Waals surface area (Å²) in [5.41, 5.74) is 0. The maximum absolute atomic E-state index is 12.5. The average molecular weight is 278 g/mol. The first kappa shape index (κ1) is 15.9. The lowest BCUT2D eigenvalue weighted by molar-refractivity contribution is 0.160. The highest BCUT2D eigenvalue weighted by atomic mass is 32.2. The molecule has 18 heavy (non-hydrogen) atoms. The number of hydrogen-bond donors (Lipinski definition) is 1. The van der Waals surface area contributed by atoms with Gasteiger partial charge in [-0.05, 0) is 24.7 Å². The lowest BCUT2D eigenvalue weighted by Gasteiger charge is -2.35. The summed E-state index contributed by atoms with van der Waals surface area (Å²) in [6, 6.07) is 0. The zero-order chi connectivity index (χ0) is 13.8. The van der Waals surface area contributed by atoms with E-state index in [2.05, 4.69) is 0 Å². The van der Waals surface area contributed by atoms with Gasteiger partial charge >= 0.3 is 0 Å². The molecule has 0 bridgehead atoms. The fraction of sp³-hybridized carbons (Fsp3) is 1.00. The normalized spacial score (nSPS) is 22.9. The minimum Gasteiger partial charge on any atom is -0.396 e. The Morgan fingerprint density at radius 1 is 1.44 bits per heavy atom. The van der Waals surface area contributed by atoms with Crippen molar-refractivity contribution >= 4 is 10.2 Å². The molecular formula is C12H26N2O3S. The van der Waals surface area contributed by atoms with E-state index in [1.165, 1.54) is 8.61 Å². The molecule has 0 saturated carbocycles. The quantitative estimate of drug-likeness (QED) is 0.786. The monoisotopic (exact) mass is 278 g/mol. The van der Waals surface area contributed by atoms with Gasteiger partial charge in [0.25, 0.3) is 10.2 Å². The van der Waals surface area contributed by atoms with Crippen LogP contribution in [0.3, 0.4) is 0 Å². The first-order valence-electron chi connectivity index (χ1n) is 6.77. The lowest BCUT2D eigenvalue weighted by atomic mass is 10.0.